The van der Waals surface area contributed by atoms with Crippen LogP contribution in [0.25, 0.3) is 0 Å². The molecule has 0 amide bonds. The Bertz CT molecular complexity index is 467. The predicted molar refractivity (Wildman–Crippen MR) is 105 cm³/mol. The van der Waals surface area contributed by atoms with Gasteiger partial charge in [-0.1, -0.05) is 69.2 Å². The molecule has 1 aromatic carbocycles. The third kappa shape index (κ3) is 4.94. The first kappa shape index (κ1) is 18.2. The van der Waals surface area contributed by atoms with Crippen LogP contribution < -0.4 is 0 Å². The molecule has 0 saturated heterocycles. The molecule has 3 rings (SSSR count). The Hall–Kier alpha value is -0.633. The van der Waals surface area contributed by atoms with Crippen LogP contribution in [0.1, 0.15) is 82.6 Å². The van der Waals surface area contributed by atoms with Gasteiger partial charge in [0.15, 0.2) is 0 Å². The van der Waals surface area contributed by atoms with Gasteiger partial charge in [0.1, 0.15) is 5.82 Å². The molecule has 0 atom stereocenters. The summed E-state index contributed by atoms with van der Waals surface area (Å²) in [6, 6.07) is 8.86. The first-order valence-electron chi connectivity index (χ1n) is 10.5. The minimum absolute atomic E-state index is 0.105. The van der Waals surface area contributed by atoms with Crippen molar-refractivity contribution in [1.82, 2.24) is 0 Å². The van der Waals surface area contributed by atoms with E-state index in [4.69, 9.17) is 0 Å². The Kier molecular flexibility index (Phi) is 6.94. The number of benzene rings is 1. The van der Waals surface area contributed by atoms with Crippen LogP contribution in [0, 0.1) is 17.7 Å². The molecular weight excluding hydrogens is 311 g/mol. The van der Waals surface area contributed by atoms with Crippen molar-refractivity contribution in [2.24, 2.45) is 11.8 Å². The molecule has 2 aliphatic carbocycles. The molecule has 2 heteroatoms. The molecule has 2 saturated carbocycles. The third-order valence-electron chi connectivity index (χ3n) is 6.89. The first-order chi connectivity index (χ1) is 11.8. The third-order valence-corrected chi connectivity index (χ3v) is 9.43. The van der Waals surface area contributed by atoms with E-state index in [0.717, 1.165) is 11.8 Å². The molecule has 0 aliphatic heterocycles. The summed E-state index contributed by atoms with van der Waals surface area (Å²) in [5.74, 6) is 2.59. The van der Waals surface area contributed by atoms with Crippen molar-refractivity contribution in [1.29, 1.82) is 0 Å². The van der Waals surface area contributed by atoms with Crippen LogP contribution in [0.3, 0.4) is 0 Å². The Morgan fingerprint density at radius 2 is 1.46 bits per heavy atom. The maximum Gasteiger partial charge on any atom is 0.123 e. The summed E-state index contributed by atoms with van der Waals surface area (Å²) in [7, 11) is 0.226. The lowest BCUT2D eigenvalue weighted by molar-refractivity contribution is 0.186. The van der Waals surface area contributed by atoms with Gasteiger partial charge in [0.2, 0.25) is 0 Å². The fraction of sp³-hybridized carbons (Fsp3) is 0.727. The Morgan fingerprint density at radius 1 is 0.875 bits per heavy atom. The lowest BCUT2D eigenvalue weighted by Crippen LogP contribution is -2.25. The van der Waals surface area contributed by atoms with Gasteiger partial charge in [0.05, 0.1) is 0 Å². The van der Waals surface area contributed by atoms with Crippen LogP contribution in [0.15, 0.2) is 24.3 Å². The molecule has 0 aromatic heterocycles. The van der Waals surface area contributed by atoms with Crippen molar-refractivity contribution in [3.8, 4) is 0 Å². The Labute approximate surface area is 150 Å². The normalized spacial score (nSPS) is 31.6. The van der Waals surface area contributed by atoms with Crippen LogP contribution >= 0.6 is 0 Å². The minimum atomic E-state index is -0.105. The summed E-state index contributed by atoms with van der Waals surface area (Å²) in [6.45, 7) is 2.33. The molecule has 0 nitrogen and oxygen atoms in total. The summed E-state index contributed by atoms with van der Waals surface area (Å²) < 4.78 is 13.1. The van der Waals surface area contributed by atoms with Gasteiger partial charge in [-0.3, -0.25) is 0 Å². The summed E-state index contributed by atoms with van der Waals surface area (Å²) in [5.41, 5.74) is 2.53. The molecule has 0 unspecified atom stereocenters. The van der Waals surface area contributed by atoms with E-state index in [-0.39, 0.29) is 15.3 Å². The average molecular weight is 347 g/mol. The molecular formula is C22H35FSi. The highest BCUT2D eigenvalue weighted by Crippen LogP contribution is 2.44. The Balaban J connectivity index is 1.40. The van der Waals surface area contributed by atoms with Gasteiger partial charge >= 0.3 is 0 Å². The number of halogens is 1. The fourth-order valence-electron chi connectivity index (χ4n) is 5.29. The van der Waals surface area contributed by atoms with Gasteiger partial charge < -0.3 is 0 Å². The van der Waals surface area contributed by atoms with E-state index in [1.165, 1.54) is 62.5 Å². The van der Waals surface area contributed by atoms with E-state index in [1.807, 2.05) is 12.1 Å². The molecule has 2 fully saturated rings. The van der Waals surface area contributed by atoms with Crippen LogP contribution in [0.5, 0.6) is 0 Å². The predicted octanol–water partition coefficient (Wildman–Crippen LogP) is 6.47. The quantitative estimate of drug-likeness (QED) is 0.409. The van der Waals surface area contributed by atoms with Gasteiger partial charge in [-0.15, -0.1) is 0 Å². The maximum absolute atomic E-state index is 13.1. The molecule has 0 spiro atoms. The van der Waals surface area contributed by atoms with Crippen molar-refractivity contribution in [3.63, 3.8) is 0 Å². The second-order valence-electron chi connectivity index (χ2n) is 8.44. The number of unbranched alkanes of at least 4 members (excludes halogenated alkanes) is 1. The lowest BCUT2D eigenvalue weighted by Gasteiger charge is -2.38. The highest BCUT2D eigenvalue weighted by Gasteiger charge is 2.31. The number of rotatable bonds is 6. The van der Waals surface area contributed by atoms with Crippen LogP contribution in [0.4, 0.5) is 4.39 Å². The van der Waals surface area contributed by atoms with E-state index in [0.29, 0.717) is 5.92 Å². The summed E-state index contributed by atoms with van der Waals surface area (Å²) in [6.07, 6.45) is 14.5. The summed E-state index contributed by atoms with van der Waals surface area (Å²) in [4.78, 5) is 0. The van der Waals surface area contributed by atoms with Crippen LogP contribution in [-0.4, -0.2) is 9.52 Å². The van der Waals surface area contributed by atoms with E-state index in [9.17, 15) is 4.39 Å². The van der Waals surface area contributed by atoms with Crippen LogP contribution in [0.2, 0.25) is 11.6 Å². The molecule has 0 radical (unpaired) electrons. The molecule has 1 aromatic rings. The number of hydrogen-bond acceptors (Lipinski definition) is 0. The second-order valence-corrected chi connectivity index (χ2v) is 10.9. The monoisotopic (exact) mass is 346 g/mol. The highest BCUT2D eigenvalue weighted by atomic mass is 28.2. The van der Waals surface area contributed by atoms with Crippen molar-refractivity contribution < 1.29 is 4.39 Å². The molecule has 24 heavy (non-hydrogen) atoms. The zero-order chi connectivity index (χ0) is 16.8. The standard InChI is InChI=1S/C22H35FSi/c1-2-3-16-24-22-14-10-20(11-15-22)18-6-4-17(5-7-18)19-8-12-21(23)13-9-19/h8-9,12-13,17-18,20,22H,2-7,10-11,14-16,24H2,1H3/t17?,18?,20-,22-. The Morgan fingerprint density at radius 3 is 2.04 bits per heavy atom. The summed E-state index contributed by atoms with van der Waals surface area (Å²) in [5, 5.41) is 0. The van der Waals surface area contributed by atoms with Crippen molar-refractivity contribution in [2.45, 2.75) is 88.6 Å². The molecule has 0 heterocycles. The highest BCUT2D eigenvalue weighted by molar-refractivity contribution is 6.37. The smallest absolute Gasteiger partial charge is 0.123 e. The minimum Gasteiger partial charge on any atom is -0.207 e. The zero-order valence-corrected chi connectivity index (χ0v) is 16.9. The lowest BCUT2D eigenvalue weighted by atomic mass is 9.70. The van der Waals surface area contributed by atoms with E-state index < -0.39 is 0 Å². The topological polar surface area (TPSA) is 0 Å². The molecule has 134 valence electrons. The van der Waals surface area contributed by atoms with Crippen molar-refractivity contribution in [2.75, 3.05) is 0 Å². The first-order valence-corrected chi connectivity index (χ1v) is 12.3. The second kappa shape index (κ2) is 9.17. The van der Waals surface area contributed by atoms with Crippen LogP contribution in [-0.2, 0) is 0 Å². The van der Waals surface area contributed by atoms with E-state index in [2.05, 4.69) is 6.92 Å². The maximum atomic E-state index is 13.1. The molecule has 0 N–H and O–H groups in total. The van der Waals surface area contributed by atoms with Gasteiger partial charge in [0, 0.05) is 9.52 Å². The zero-order valence-electron chi connectivity index (χ0n) is 15.5. The molecule has 2 aliphatic rings. The van der Waals surface area contributed by atoms with E-state index in [1.54, 1.807) is 31.0 Å². The van der Waals surface area contributed by atoms with Crippen molar-refractivity contribution >= 4 is 9.52 Å². The SMILES string of the molecule is CCCC[SiH2][C@H]1CC[C@H](C2CCC(c3ccc(F)cc3)CC2)CC1. The summed E-state index contributed by atoms with van der Waals surface area (Å²) >= 11 is 0. The fourth-order valence-corrected chi connectivity index (χ4v) is 7.70. The average Bonchev–Trinajstić information content (AvgIpc) is 2.63. The van der Waals surface area contributed by atoms with Gasteiger partial charge in [-0.25, -0.2) is 4.39 Å². The number of hydrogen-bond donors (Lipinski definition) is 0. The van der Waals surface area contributed by atoms with E-state index >= 15 is 0 Å². The van der Waals surface area contributed by atoms with Gasteiger partial charge in [-0.05, 0) is 61.1 Å². The van der Waals surface area contributed by atoms with Crippen molar-refractivity contribution in [3.05, 3.63) is 35.6 Å². The largest absolute Gasteiger partial charge is 0.207 e. The van der Waals surface area contributed by atoms with Gasteiger partial charge in [-0.2, -0.15) is 0 Å². The van der Waals surface area contributed by atoms with Gasteiger partial charge in [0.25, 0.3) is 0 Å². The molecule has 0 bridgehead atoms.